The molecule has 1 heterocycles. The molecule has 0 amide bonds. The molecule has 11 heteroatoms. The minimum Gasteiger partial charge on any atom is -0.497 e. The van der Waals surface area contributed by atoms with Crippen LogP contribution in [0.1, 0.15) is 11.1 Å². The Hall–Kier alpha value is -3.05. The number of halogens is 6. The summed E-state index contributed by atoms with van der Waals surface area (Å²) < 4.78 is 91.7. The Morgan fingerprint density at radius 1 is 0.774 bits per heavy atom. The molecule has 0 saturated carbocycles. The molecule has 0 spiro atoms. The summed E-state index contributed by atoms with van der Waals surface area (Å²) in [7, 11) is 2.68. The Balaban J connectivity index is 2.41. The highest BCUT2D eigenvalue weighted by Crippen LogP contribution is 2.55. The number of rotatable bonds is 5. The van der Waals surface area contributed by atoms with E-state index in [1.165, 1.54) is 50.6 Å². The SMILES string of the molecule is COc1ccc(C2=C(c3ccc(OC)cc3)[N+](C(F)(F)F)(C(F)(F)F)C(CO)=N2)cc1. The number of aliphatic hydroxyl groups is 1. The fourth-order valence-electron chi connectivity index (χ4n) is 3.41. The monoisotopic (exact) mass is 447 g/mol. The van der Waals surface area contributed by atoms with E-state index in [0.717, 1.165) is 12.1 Å². The van der Waals surface area contributed by atoms with Crippen LogP contribution in [0.2, 0.25) is 0 Å². The summed E-state index contributed by atoms with van der Waals surface area (Å²) >= 11 is 0. The van der Waals surface area contributed by atoms with Crippen molar-refractivity contribution in [1.29, 1.82) is 0 Å². The maximum atomic E-state index is 14.2. The predicted molar refractivity (Wildman–Crippen MR) is 99.7 cm³/mol. The minimum absolute atomic E-state index is 0.00827. The van der Waals surface area contributed by atoms with Crippen molar-refractivity contribution in [2.75, 3.05) is 20.8 Å². The summed E-state index contributed by atoms with van der Waals surface area (Å²) in [6.07, 6.45) is -11.8. The zero-order chi connectivity index (χ0) is 23.0. The standard InChI is InChI=1S/C20H17F6N2O3/c1-30-14-7-3-12(4-8-14)17-18(13-5-9-15(31-2)10-6-13)28(19(21,22)23,20(24,25)26)16(11-29)27-17/h3-10,29H,11H2,1-2H3/q+1. The van der Waals surface area contributed by atoms with Crippen molar-refractivity contribution in [3.8, 4) is 11.5 Å². The van der Waals surface area contributed by atoms with Gasteiger partial charge in [-0.1, -0.05) is 4.48 Å². The van der Waals surface area contributed by atoms with Gasteiger partial charge in [-0.15, -0.1) is 26.3 Å². The maximum absolute atomic E-state index is 14.2. The lowest BCUT2D eigenvalue weighted by molar-refractivity contribution is -0.990. The number of hydrogen-bond acceptors (Lipinski definition) is 4. The number of aliphatic hydroxyl groups excluding tert-OH is 1. The van der Waals surface area contributed by atoms with Gasteiger partial charge in [-0.25, -0.2) is 0 Å². The summed E-state index contributed by atoms with van der Waals surface area (Å²) in [6.45, 7) is -1.56. The van der Waals surface area contributed by atoms with E-state index >= 15 is 0 Å². The van der Waals surface area contributed by atoms with Gasteiger partial charge in [0.2, 0.25) is 5.84 Å². The van der Waals surface area contributed by atoms with Gasteiger partial charge in [0.1, 0.15) is 23.8 Å². The second kappa shape index (κ2) is 7.89. The topological polar surface area (TPSA) is 51.0 Å². The third-order valence-corrected chi connectivity index (χ3v) is 4.82. The van der Waals surface area contributed by atoms with Gasteiger partial charge in [0.25, 0.3) is 0 Å². The fourth-order valence-corrected chi connectivity index (χ4v) is 3.41. The summed E-state index contributed by atoms with van der Waals surface area (Å²) in [5.41, 5.74) is -2.12. The van der Waals surface area contributed by atoms with Gasteiger partial charge in [0.05, 0.1) is 14.2 Å². The second-order valence-electron chi connectivity index (χ2n) is 6.45. The number of ether oxygens (including phenoxy) is 2. The fraction of sp³-hybridized carbons (Fsp3) is 0.250. The van der Waals surface area contributed by atoms with Crippen molar-refractivity contribution in [2.24, 2.45) is 4.99 Å². The summed E-state index contributed by atoms with van der Waals surface area (Å²) in [5.74, 6) is -0.905. The molecule has 0 atom stereocenters. The zero-order valence-corrected chi connectivity index (χ0v) is 16.3. The van der Waals surface area contributed by atoms with Gasteiger partial charge in [-0.05, 0) is 48.5 Å². The van der Waals surface area contributed by atoms with Gasteiger partial charge in [-0.3, -0.25) is 0 Å². The van der Waals surface area contributed by atoms with Crippen molar-refractivity contribution in [1.82, 2.24) is 0 Å². The summed E-state index contributed by atoms with van der Waals surface area (Å²) in [5, 5.41) is 9.51. The summed E-state index contributed by atoms with van der Waals surface area (Å²) in [6, 6.07) is 10.0. The van der Waals surface area contributed by atoms with Crippen LogP contribution < -0.4 is 9.47 Å². The number of amidine groups is 1. The molecule has 0 aliphatic carbocycles. The molecule has 2 aromatic carbocycles. The lowest BCUT2D eigenvalue weighted by Crippen LogP contribution is -2.67. The Bertz CT molecular complexity index is 995. The van der Waals surface area contributed by atoms with Gasteiger partial charge in [-0.2, -0.15) is 4.99 Å². The third-order valence-electron chi connectivity index (χ3n) is 4.82. The molecule has 1 aliphatic rings. The molecular weight excluding hydrogens is 430 g/mol. The van der Waals surface area contributed by atoms with Crippen LogP contribution in [0, 0.1) is 0 Å². The van der Waals surface area contributed by atoms with Crippen LogP contribution in [0.25, 0.3) is 11.4 Å². The van der Waals surface area contributed by atoms with E-state index in [4.69, 9.17) is 9.47 Å². The second-order valence-corrected chi connectivity index (χ2v) is 6.45. The van der Waals surface area contributed by atoms with Gasteiger partial charge < -0.3 is 14.6 Å². The number of alkyl halides is 6. The van der Waals surface area contributed by atoms with Crippen LogP contribution >= 0.6 is 0 Å². The molecule has 0 radical (unpaired) electrons. The zero-order valence-electron chi connectivity index (χ0n) is 16.3. The number of hydrogen-bond donors (Lipinski definition) is 1. The Kier molecular flexibility index (Phi) is 5.76. The average molecular weight is 447 g/mol. The highest BCUT2D eigenvalue weighted by Gasteiger charge is 2.79. The first-order valence-corrected chi connectivity index (χ1v) is 8.76. The van der Waals surface area contributed by atoms with Crippen LogP contribution in [-0.4, -0.2) is 48.9 Å². The van der Waals surface area contributed by atoms with Gasteiger partial charge in [0.15, 0.2) is 5.70 Å². The van der Waals surface area contributed by atoms with Crippen molar-refractivity contribution >= 4 is 17.2 Å². The lowest BCUT2D eigenvalue weighted by atomic mass is 10.0. The van der Waals surface area contributed by atoms with Crippen LogP contribution in [0.15, 0.2) is 53.5 Å². The number of aliphatic imine (C=N–C) groups is 1. The number of benzene rings is 2. The molecule has 5 nitrogen and oxygen atoms in total. The molecule has 0 unspecified atom stereocenters. The Morgan fingerprint density at radius 3 is 1.55 bits per heavy atom. The highest BCUT2D eigenvalue weighted by atomic mass is 19.4. The van der Waals surface area contributed by atoms with Crippen molar-refractivity contribution < 1.29 is 45.4 Å². The van der Waals surface area contributed by atoms with E-state index in [9.17, 15) is 31.4 Å². The molecule has 3 rings (SSSR count). The number of methoxy groups -OCH3 is 2. The van der Waals surface area contributed by atoms with E-state index in [2.05, 4.69) is 4.99 Å². The molecule has 1 N–H and O–H groups in total. The average Bonchev–Trinajstić information content (AvgIpc) is 3.10. The first kappa shape index (κ1) is 22.6. The van der Waals surface area contributed by atoms with Crippen LogP contribution in [0.4, 0.5) is 26.3 Å². The van der Waals surface area contributed by atoms with Crippen molar-refractivity contribution in [3.63, 3.8) is 0 Å². The molecule has 0 fully saturated rings. The Morgan fingerprint density at radius 2 is 1.19 bits per heavy atom. The van der Waals surface area contributed by atoms with Gasteiger partial charge >= 0.3 is 12.6 Å². The van der Waals surface area contributed by atoms with Crippen LogP contribution in [0.3, 0.4) is 0 Å². The van der Waals surface area contributed by atoms with E-state index < -0.39 is 40.9 Å². The molecule has 31 heavy (non-hydrogen) atoms. The van der Waals surface area contributed by atoms with Crippen molar-refractivity contribution in [2.45, 2.75) is 12.6 Å². The predicted octanol–water partition coefficient (Wildman–Crippen LogP) is 4.79. The van der Waals surface area contributed by atoms with E-state index in [1.54, 1.807) is 0 Å². The van der Waals surface area contributed by atoms with E-state index in [1.807, 2.05) is 0 Å². The number of quaternary nitrogens is 1. The van der Waals surface area contributed by atoms with Gasteiger partial charge in [0, 0.05) is 11.1 Å². The first-order valence-electron chi connectivity index (χ1n) is 8.76. The largest absolute Gasteiger partial charge is 0.579 e. The molecule has 1 aliphatic heterocycles. The molecular formula is C20H17F6N2O3+. The van der Waals surface area contributed by atoms with E-state index in [0.29, 0.717) is 5.75 Å². The van der Waals surface area contributed by atoms with Crippen LogP contribution in [0.5, 0.6) is 11.5 Å². The van der Waals surface area contributed by atoms with E-state index in [-0.39, 0.29) is 16.9 Å². The third kappa shape index (κ3) is 3.53. The van der Waals surface area contributed by atoms with Crippen molar-refractivity contribution in [3.05, 3.63) is 59.7 Å². The molecule has 2 aromatic rings. The smallest absolute Gasteiger partial charge is 0.497 e. The maximum Gasteiger partial charge on any atom is 0.579 e. The molecule has 0 saturated heterocycles. The lowest BCUT2D eigenvalue weighted by Gasteiger charge is -2.36. The molecule has 0 aromatic heterocycles. The minimum atomic E-state index is -5.89. The molecule has 0 bridgehead atoms. The van der Waals surface area contributed by atoms with Crippen LogP contribution in [-0.2, 0) is 0 Å². The Labute approximate surface area is 173 Å². The normalized spacial score (nSPS) is 16.4. The highest BCUT2D eigenvalue weighted by molar-refractivity contribution is 6.02. The summed E-state index contributed by atoms with van der Waals surface area (Å²) in [4.78, 5) is 3.63. The number of nitrogens with zero attached hydrogens (tertiary/aromatic N) is 2. The quantitative estimate of drug-likeness (QED) is 0.408. The molecule has 166 valence electrons. The first-order chi connectivity index (χ1) is 14.5.